The summed E-state index contributed by atoms with van der Waals surface area (Å²) in [5, 5.41) is 8.45. The Balaban J connectivity index is 2.12. The lowest BCUT2D eigenvalue weighted by molar-refractivity contribution is -0.143. The molecule has 2 rings (SSSR count). The van der Waals surface area contributed by atoms with Gasteiger partial charge in [-0.05, 0) is 13.3 Å². The quantitative estimate of drug-likeness (QED) is 0.571. The summed E-state index contributed by atoms with van der Waals surface area (Å²) in [6.07, 6.45) is 0.963. The molecule has 0 bridgehead atoms. The first-order valence-corrected chi connectivity index (χ1v) is 4.40. The number of carbonyl (C=O) groups excluding carboxylic acids is 2. The number of hydrogen-bond acceptors (Lipinski definition) is 3. The number of rotatable bonds is 2. The zero-order valence-corrected chi connectivity index (χ0v) is 7.36. The molecule has 3 unspecified atom stereocenters. The molecular formula is C9H10N2O2. The Morgan fingerprint density at radius 2 is 2.08 bits per heavy atom. The second-order valence-electron chi connectivity index (χ2n) is 3.71. The summed E-state index contributed by atoms with van der Waals surface area (Å²) >= 11 is 0. The van der Waals surface area contributed by atoms with E-state index in [1.165, 1.54) is 4.90 Å². The molecule has 0 N–H and O–H groups in total. The summed E-state index contributed by atoms with van der Waals surface area (Å²) in [6, 6.07) is 1.72. The van der Waals surface area contributed by atoms with E-state index in [4.69, 9.17) is 5.26 Å². The molecule has 2 fully saturated rings. The van der Waals surface area contributed by atoms with Crippen molar-refractivity contribution in [2.45, 2.75) is 25.8 Å². The van der Waals surface area contributed by atoms with Crippen LogP contribution in [0.25, 0.3) is 0 Å². The summed E-state index contributed by atoms with van der Waals surface area (Å²) in [6.45, 7) is 1.74. The normalized spacial score (nSPS) is 32.8. The van der Waals surface area contributed by atoms with Crippen LogP contribution in [0.3, 0.4) is 0 Å². The number of nitrogens with zero attached hydrogens (tertiary/aromatic N) is 2. The van der Waals surface area contributed by atoms with Gasteiger partial charge in [-0.2, -0.15) is 5.26 Å². The first kappa shape index (κ1) is 8.24. The number of imide groups is 1. The van der Waals surface area contributed by atoms with Crippen LogP contribution in [0.5, 0.6) is 0 Å². The summed E-state index contributed by atoms with van der Waals surface area (Å²) in [5.41, 5.74) is 0. The average Bonchev–Trinajstić information content (AvgIpc) is 2.78. The van der Waals surface area contributed by atoms with Gasteiger partial charge in [0.05, 0.1) is 24.3 Å². The lowest BCUT2D eigenvalue weighted by Crippen LogP contribution is -2.40. The van der Waals surface area contributed by atoms with Gasteiger partial charge in [-0.1, -0.05) is 0 Å². The maximum Gasteiger partial charge on any atom is 0.233 e. The molecule has 4 heteroatoms. The number of piperidine rings is 1. The third kappa shape index (κ3) is 1.04. The lowest BCUT2D eigenvalue weighted by Gasteiger charge is -2.21. The van der Waals surface area contributed by atoms with Crippen molar-refractivity contribution in [3.8, 4) is 6.07 Å². The summed E-state index contributed by atoms with van der Waals surface area (Å²) in [5.74, 6) is -0.238. The van der Waals surface area contributed by atoms with E-state index in [1.54, 1.807) is 6.92 Å². The molecule has 1 aliphatic heterocycles. The first-order chi connectivity index (χ1) is 6.16. The van der Waals surface area contributed by atoms with Crippen LogP contribution in [-0.2, 0) is 9.59 Å². The average molecular weight is 178 g/mol. The van der Waals surface area contributed by atoms with Gasteiger partial charge in [-0.15, -0.1) is 0 Å². The highest BCUT2D eigenvalue weighted by atomic mass is 16.2. The molecule has 1 aliphatic carbocycles. The Morgan fingerprint density at radius 3 is 2.54 bits per heavy atom. The maximum absolute atomic E-state index is 11.5. The molecule has 2 amide bonds. The highest BCUT2D eigenvalue weighted by molar-refractivity contribution is 6.09. The van der Waals surface area contributed by atoms with Crippen LogP contribution in [0.15, 0.2) is 0 Å². The first-order valence-electron chi connectivity index (χ1n) is 4.40. The summed E-state index contributed by atoms with van der Waals surface area (Å²) in [4.78, 5) is 24.2. The molecule has 0 aromatic heterocycles. The van der Waals surface area contributed by atoms with Gasteiger partial charge < -0.3 is 0 Å². The molecule has 3 atom stereocenters. The molecule has 2 aliphatic rings. The Morgan fingerprint density at radius 1 is 1.54 bits per heavy atom. The molecule has 68 valence electrons. The highest BCUT2D eigenvalue weighted by Gasteiger charge is 2.59. The third-order valence-electron chi connectivity index (χ3n) is 2.73. The van der Waals surface area contributed by atoms with Crippen molar-refractivity contribution in [3.05, 3.63) is 0 Å². The molecule has 0 spiro atoms. The molecule has 1 saturated heterocycles. The number of hydrogen-bond donors (Lipinski definition) is 0. The fraction of sp³-hybridized carbons (Fsp3) is 0.667. The van der Waals surface area contributed by atoms with Crippen LogP contribution < -0.4 is 0 Å². The monoisotopic (exact) mass is 178 g/mol. The van der Waals surface area contributed by atoms with Gasteiger partial charge in [0.15, 0.2) is 0 Å². The van der Waals surface area contributed by atoms with Gasteiger partial charge >= 0.3 is 0 Å². The standard InChI is InChI=1S/C9H10N2O2/c1-5(2-3-10)11-8(12)6-4-7(6)9(11)13/h5-7H,2,4H2,1H3. The van der Waals surface area contributed by atoms with E-state index in [1.807, 2.05) is 6.07 Å². The minimum atomic E-state index is -0.252. The number of likely N-dealkylation sites (tertiary alicyclic amines) is 1. The van der Waals surface area contributed by atoms with E-state index in [9.17, 15) is 9.59 Å². The molecule has 1 saturated carbocycles. The zero-order valence-electron chi connectivity index (χ0n) is 7.36. The van der Waals surface area contributed by atoms with E-state index in [0.29, 0.717) is 0 Å². The van der Waals surface area contributed by atoms with Crippen molar-refractivity contribution in [2.24, 2.45) is 11.8 Å². The largest absolute Gasteiger partial charge is 0.278 e. The Kier molecular flexibility index (Phi) is 1.62. The molecule has 0 radical (unpaired) electrons. The molecule has 4 nitrogen and oxygen atoms in total. The van der Waals surface area contributed by atoms with Gasteiger partial charge in [0.25, 0.3) is 0 Å². The van der Waals surface area contributed by atoms with E-state index >= 15 is 0 Å². The summed E-state index contributed by atoms with van der Waals surface area (Å²) < 4.78 is 0. The van der Waals surface area contributed by atoms with Crippen molar-refractivity contribution in [1.82, 2.24) is 4.90 Å². The topological polar surface area (TPSA) is 61.2 Å². The lowest BCUT2D eigenvalue weighted by atomic mass is 10.2. The van der Waals surface area contributed by atoms with Gasteiger partial charge in [0.2, 0.25) is 11.8 Å². The second kappa shape index (κ2) is 2.56. The Hall–Kier alpha value is -1.37. The van der Waals surface area contributed by atoms with Crippen LogP contribution in [-0.4, -0.2) is 22.8 Å². The molecular weight excluding hydrogens is 168 g/mol. The second-order valence-corrected chi connectivity index (χ2v) is 3.71. The smallest absolute Gasteiger partial charge is 0.233 e. The Bertz CT molecular complexity index is 298. The van der Waals surface area contributed by atoms with Crippen molar-refractivity contribution in [1.29, 1.82) is 5.26 Å². The van der Waals surface area contributed by atoms with Crippen LogP contribution in [0, 0.1) is 23.2 Å². The van der Waals surface area contributed by atoms with Crippen LogP contribution in [0.2, 0.25) is 0 Å². The number of carbonyl (C=O) groups is 2. The van der Waals surface area contributed by atoms with Gasteiger partial charge in [-0.3, -0.25) is 14.5 Å². The minimum absolute atomic E-state index is 0.0476. The number of amides is 2. The van der Waals surface area contributed by atoms with Gasteiger partial charge in [0.1, 0.15) is 0 Å². The zero-order chi connectivity index (χ0) is 9.59. The van der Waals surface area contributed by atoms with Crippen molar-refractivity contribution < 1.29 is 9.59 Å². The van der Waals surface area contributed by atoms with E-state index in [2.05, 4.69) is 0 Å². The summed E-state index contributed by atoms with van der Waals surface area (Å²) in [7, 11) is 0. The van der Waals surface area contributed by atoms with Gasteiger partial charge in [0, 0.05) is 6.04 Å². The van der Waals surface area contributed by atoms with Crippen LogP contribution in [0.1, 0.15) is 19.8 Å². The fourth-order valence-electron chi connectivity index (χ4n) is 1.86. The van der Waals surface area contributed by atoms with Crippen molar-refractivity contribution in [3.63, 3.8) is 0 Å². The van der Waals surface area contributed by atoms with Crippen molar-refractivity contribution >= 4 is 11.8 Å². The van der Waals surface area contributed by atoms with Gasteiger partial charge in [-0.25, -0.2) is 0 Å². The molecule has 1 heterocycles. The van der Waals surface area contributed by atoms with E-state index < -0.39 is 0 Å². The minimum Gasteiger partial charge on any atom is -0.278 e. The molecule has 0 aromatic rings. The third-order valence-corrected chi connectivity index (χ3v) is 2.73. The fourth-order valence-corrected chi connectivity index (χ4v) is 1.86. The number of fused-ring (bicyclic) bond motifs is 1. The van der Waals surface area contributed by atoms with E-state index in [0.717, 1.165) is 6.42 Å². The van der Waals surface area contributed by atoms with E-state index in [-0.39, 0.29) is 36.1 Å². The maximum atomic E-state index is 11.5. The molecule has 13 heavy (non-hydrogen) atoms. The predicted molar refractivity (Wildman–Crippen MR) is 43.1 cm³/mol. The number of nitriles is 1. The Labute approximate surface area is 76.1 Å². The SMILES string of the molecule is CC(CC#N)N1C(=O)C2CC2C1=O. The van der Waals surface area contributed by atoms with Crippen molar-refractivity contribution in [2.75, 3.05) is 0 Å². The molecule has 0 aromatic carbocycles. The predicted octanol–water partition coefficient (Wildman–Crippen LogP) is 0.293. The highest BCUT2D eigenvalue weighted by Crippen LogP contribution is 2.47. The van der Waals surface area contributed by atoms with Crippen LogP contribution >= 0.6 is 0 Å². The van der Waals surface area contributed by atoms with Crippen LogP contribution in [0.4, 0.5) is 0 Å².